The van der Waals surface area contributed by atoms with Crippen LogP contribution in [0.4, 0.5) is 5.69 Å². The van der Waals surface area contributed by atoms with Gasteiger partial charge >= 0.3 is 0 Å². The highest BCUT2D eigenvalue weighted by atomic mass is 32.1. The molecule has 2 N–H and O–H groups in total. The molecule has 0 bridgehead atoms. The van der Waals surface area contributed by atoms with E-state index in [9.17, 15) is 4.79 Å². The van der Waals surface area contributed by atoms with E-state index in [-0.39, 0.29) is 5.78 Å². The van der Waals surface area contributed by atoms with Gasteiger partial charge in [0.2, 0.25) is 0 Å². The molecule has 1 aromatic heterocycles. The first kappa shape index (κ1) is 11.9. The van der Waals surface area contributed by atoms with Crippen molar-refractivity contribution in [2.45, 2.75) is 6.92 Å². The molecular formula is C16H13NOS. The summed E-state index contributed by atoms with van der Waals surface area (Å²) in [4.78, 5) is 12.6. The van der Waals surface area contributed by atoms with Crippen LogP contribution in [0.1, 0.15) is 21.5 Å². The van der Waals surface area contributed by atoms with E-state index in [1.165, 1.54) is 0 Å². The number of nitrogens with two attached hydrogens (primary N) is 1. The van der Waals surface area contributed by atoms with Crippen LogP contribution in [-0.4, -0.2) is 5.78 Å². The Morgan fingerprint density at radius 3 is 2.74 bits per heavy atom. The fourth-order valence-electron chi connectivity index (χ4n) is 2.17. The monoisotopic (exact) mass is 267 g/mol. The number of nitrogen functional groups attached to an aromatic ring is 1. The zero-order chi connectivity index (χ0) is 13.4. The maximum atomic E-state index is 12.6. The Morgan fingerprint density at radius 2 is 1.89 bits per heavy atom. The van der Waals surface area contributed by atoms with Crippen molar-refractivity contribution in [2.75, 3.05) is 5.73 Å². The number of thiophene rings is 1. The van der Waals surface area contributed by atoms with Crippen molar-refractivity contribution >= 4 is 32.9 Å². The number of hydrogen-bond acceptors (Lipinski definition) is 3. The summed E-state index contributed by atoms with van der Waals surface area (Å²) in [5, 5.41) is 2.91. The molecule has 0 amide bonds. The molecule has 3 heteroatoms. The molecular weight excluding hydrogens is 254 g/mol. The minimum absolute atomic E-state index is 0.00125. The van der Waals surface area contributed by atoms with Gasteiger partial charge in [0, 0.05) is 32.3 Å². The minimum Gasteiger partial charge on any atom is -0.398 e. The molecule has 1 heterocycles. The molecule has 0 spiro atoms. The number of fused-ring (bicyclic) bond motifs is 1. The van der Waals surface area contributed by atoms with E-state index in [4.69, 9.17) is 5.73 Å². The van der Waals surface area contributed by atoms with Crippen LogP contribution >= 0.6 is 11.3 Å². The van der Waals surface area contributed by atoms with Crippen LogP contribution in [0.2, 0.25) is 0 Å². The molecule has 19 heavy (non-hydrogen) atoms. The normalized spacial score (nSPS) is 10.8. The van der Waals surface area contributed by atoms with E-state index in [0.717, 1.165) is 21.2 Å². The Hall–Kier alpha value is -2.13. The number of aryl methyl sites for hydroxylation is 1. The van der Waals surface area contributed by atoms with E-state index in [1.807, 2.05) is 48.7 Å². The van der Waals surface area contributed by atoms with Gasteiger partial charge in [-0.05, 0) is 25.1 Å². The molecule has 0 saturated heterocycles. The lowest BCUT2D eigenvalue weighted by Crippen LogP contribution is -2.05. The fraction of sp³-hybridized carbons (Fsp3) is 0.0625. The van der Waals surface area contributed by atoms with Crippen molar-refractivity contribution in [1.29, 1.82) is 0 Å². The highest BCUT2D eigenvalue weighted by Gasteiger charge is 2.16. The highest BCUT2D eigenvalue weighted by molar-refractivity contribution is 7.17. The molecule has 2 nitrogen and oxygen atoms in total. The Balaban J connectivity index is 2.16. The molecule has 0 unspecified atom stereocenters. The molecule has 0 atom stereocenters. The predicted octanol–water partition coefficient (Wildman–Crippen LogP) is 4.02. The first-order valence-corrected chi connectivity index (χ1v) is 6.92. The fourth-order valence-corrected chi connectivity index (χ4v) is 3.11. The highest BCUT2D eigenvalue weighted by Crippen LogP contribution is 2.29. The van der Waals surface area contributed by atoms with E-state index in [0.29, 0.717) is 11.3 Å². The lowest BCUT2D eigenvalue weighted by Gasteiger charge is -2.05. The topological polar surface area (TPSA) is 43.1 Å². The average molecular weight is 267 g/mol. The van der Waals surface area contributed by atoms with Crippen LogP contribution in [0.5, 0.6) is 0 Å². The van der Waals surface area contributed by atoms with Crippen LogP contribution in [0.3, 0.4) is 0 Å². The van der Waals surface area contributed by atoms with Gasteiger partial charge in [0.25, 0.3) is 0 Å². The largest absolute Gasteiger partial charge is 0.398 e. The summed E-state index contributed by atoms with van der Waals surface area (Å²) in [5.41, 5.74) is 8.82. The van der Waals surface area contributed by atoms with Crippen molar-refractivity contribution in [3.05, 3.63) is 64.5 Å². The van der Waals surface area contributed by atoms with E-state index in [1.54, 1.807) is 17.4 Å². The SMILES string of the molecule is Cc1ccc(N)c(C(=O)c2csc3ccccc23)c1. The number of rotatable bonds is 2. The zero-order valence-corrected chi connectivity index (χ0v) is 11.3. The second-order valence-electron chi connectivity index (χ2n) is 4.57. The number of carbonyl (C=O) groups excluding carboxylic acids is 1. The van der Waals surface area contributed by atoms with Gasteiger partial charge < -0.3 is 5.73 Å². The van der Waals surface area contributed by atoms with Crippen molar-refractivity contribution in [2.24, 2.45) is 0 Å². The third kappa shape index (κ3) is 2.02. The van der Waals surface area contributed by atoms with Crippen molar-refractivity contribution in [1.82, 2.24) is 0 Å². The van der Waals surface area contributed by atoms with Crippen LogP contribution in [-0.2, 0) is 0 Å². The molecule has 0 radical (unpaired) electrons. The second-order valence-corrected chi connectivity index (χ2v) is 5.48. The van der Waals surface area contributed by atoms with E-state index < -0.39 is 0 Å². The first-order chi connectivity index (χ1) is 9.16. The Kier molecular flexibility index (Phi) is 2.84. The second kappa shape index (κ2) is 4.52. The van der Waals surface area contributed by atoms with Crippen LogP contribution in [0.25, 0.3) is 10.1 Å². The Bertz CT molecular complexity index is 773. The molecule has 3 aromatic rings. The summed E-state index contributed by atoms with van der Waals surface area (Å²) in [6.45, 7) is 1.96. The van der Waals surface area contributed by atoms with E-state index >= 15 is 0 Å². The Morgan fingerprint density at radius 1 is 1.11 bits per heavy atom. The summed E-state index contributed by atoms with van der Waals surface area (Å²) < 4.78 is 1.12. The van der Waals surface area contributed by atoms with Crippen LogP contribution in [0.15, 0.2) is 47.8 Å². The van der Waals surface area contributed by atoms with Crippen LogP contribution < -0.4 is 5.73 Å². The molecule has 94 valence electrons. The molecule has 3 rings (SSSR count). The number of anilines is 1. The Labute approximate surface area is 115 Å². The molecule has 0 saturated carbocycles. The summed E-state index contributed by atoms with van der Waals surface area (Å²) in [6, 6.07) is 13.5. The number of hydrogen-bond donors (Lipinski definition) is 1. The number of benzene rings is 2. The summed E-state index contributed by atoms with van der Waals surface area (Å²) in [7, 11) is 0. The predicted molar refractivity (Wildman–Crippen MR) is 80.8 cm³/mol. The maximum absolute atomic E-state index is 12.6. The van der Waals surface area contributed by atoms with Gasteiger partial charge in [-0.1, -0.05) is 29.8 Å². The molecule has 0 aliphatic rings. The van der Waals surface area contributed by atoms with Gasteiger partial charge in [0.15, 0.2) is 5.78 Å². The molecule has 0 aliphatic carbocycles. The standard InChI is InChI=1S/C16H13NOS/c1-10-6-7-14(17)12(8-10)16(18)13-9-19-15-5-3-2-4-11(13)15/h2-9H,17H2,1H3. The summed E-state index contributed by atoms with van der Waals surface area (Å²) in [5.74, 6) is -0.00125. The van der Waals surface area contributed by atoms with Gasteiger partial charge in [0.1, 0.15) is 0 Å². The van der Waals surface area contributed by atoms with Crippen molar-refractivity contribution in [3.8, 4) is 0 Å². The van der Waals surface area contributed by atoms with Gasteiger partial charge in [0.05, 0.1) is 0 Å². The molecule has 0 fully saturated rings. The smallest absolute Gasteiger partial charge is 0.196 e. The third-order valence-corrected chi connectivity index (χ3v) is 4.14. The number of carbonyl (C=O) groups is 1. The van der Waals surface area contributed by atoms with E-state index in [2.05, 4.69) is 0 Å². The maximum Gasteiger partial charge on any atom is 0.196 e. The zero-order valence-electron chi connectivity index (χ0n) is 10.5. The number of ketones is 1. The van der Waals surface area contributed by atoms with Gasteiger partial charge in [-0.15, -0.1) is 11.3 Å². The van der Waals surface area contributed by atoms with Crippen molar-refractivity contribution in [3.63, 3.8) is 0 Å². The third-order valence-electron chi connectivity index (χ3n) is 3.18. The quantitative estimate of drug-likeness (QED) is 0.563. The van der Waals surface area contributed by atoms with Crippen molar-refractivity contribution < 1.29 is 4.79 Å². The van der Waals surface area contributed by atoms with Gasteiger partial charge in [-0.25, -0.2) is 0 Å². The molecule has 2 aromatic carbocycles. The minimum atomic E-state index is -0.00125. The summed E-state index contributed by atoms with van der Waals surface area (Å²) >= 11 is 1.59. The van der Waals surface area contributed by atoms with Crippen LogP contribution in [0, 0.1) is 6.92 Å². The van der Waals surface area contributed by atoms with Gasteiger partial charge in [-0.3, -0.25) is 4.79 Å². The average Bonchev–Trinajstić information content (AvgIpc) is 2.84. The lowest BCUT2D eigenvalue weighted by atomic mass is 9.99. The lowest BCUT2D eigenvalue weighted by molar-refractivity contribution is 0.104. The van der Waals surface area contributed by atoms with Gasteiger partial charge in [-0.2, -0.15) is 0 Å². The first-order valence-electron chi connectivity index (χ1n) is 6.04. The summed E-state index contributed by atoms with van der Waals surface area (Å²) in [6.07, 6.45) is 0. The molecule has 0 aliphatic heterocycles.